The number of unbranched alkanes of at least 4 members (excludes halogenated alkanes) is 5. The second-order valence-corrected chi connectivity index (χ2v) is 5.53. The van der Waals surface area contributed by atoms with E-state index in [1.165, 1.54) is 19.3 Å². The van der Waals surface area contributed by atoms with Crippen LogP contribution >= 0.6 is 20.5 Å². The predicted octanol–water partition coefficient (Wildman–Crippen LogP) is 3.41. The first-order valence-corrected chi connectivity index (χ1v) is 7.98. The van der Waals surface area contributed by atoms with Crippen LogP contribution in [0.25, 0.3) is 0 Å². The molecule has 0 amide bonds. The fraction of sp³-hybridized carbons (Fsp3) is 1.00. The molecule has 0 spiro atoms. The Labute approximate surface area is 104 Å². The van der Waals surface area contributed by atoms with Gasteiger partial charge in [0, 0.05) is 5.75 Å². The standard InChI is InChI=1S/C10H23O4PS/c1-2-3-4-5-6-7-8-13-15(11,12)14-9-10-16/h16H,2-10H2,1H3,(H,11,12). The molecule has 0 radical (unpaired) electrons. The molecule has 0 rings (SSSR count). The highest BCUT2D eigenvalue weighted by Crippen LogP contribution is 2.43. The maximum atomic E-state index is 11.2. The largest absolute Gasteiger partial charge is 0.472 e. The summed E-state index contributed by atoms with van der Waals surface area (Å²) in [5, 5.41) is 0. The van der Waals surface area contributed by atoms with Gasteiger partial charge in [-0.2, -0.15) is 12.6 Å². The molecule has 1 unspecified atom stereocenters. The highest BCUT2D eigenvalue weighted by molar-refractivity contribution is 7.80. The van der Waals surface area contributed by atoms with Crippen LogP contribution in [0.2, 0.25) is 0 Å². The Morgan fingerprint density at radius 3 is 2.25 bits per heavy atom. The van der Waals surface area contributed by atoms with Crippen LogP contribution < -0.4 is 0 Å². The number of hydrogen-bond donors (Lipinski definition) is 2. The fourth-order valence-corrected chi connectivity index (χ4v) is 2.25. The third-order valence-corrected chi connectivity index (χ3v) is 3.30. The third kappa shape index (κ3) is 11.0. The Morgan fingerprint density at radius 2 is 1.62 bits per heavy atom. The van der Waals surface area contributed by atoms with E-state index in [4.69, 9.17) is 9.42 Å². The molecule has 0 saturated heterocycles. The van der Waals surface area contributed by atoms with E-state index >= 15 is 0 Å². The van der Waals surface area contributed by atoms with E-state index in [1.54, 1.807) is 0 Å². The van der Waals surface area contributed by atoms with Gasteiger partial charge in [-0.15, -0.1) is 0 Å². The summed E-state index contributed by atoms with van der Waals surface area (Å²) in [6.07, 6.45) is 6.70. The van der Waals surface area contributed by atoms with E-state index in [0.717, 1.165) is 19.3 Å². The van der Waals surface area contributed by atoms with Gasteiger partial charge in [0.05, 0.1) is 13.2 Å². The van der Waals surface area contributed by atoms with Gasteiger partial charge in [0.25, 0.3) is 0 Å². The van der Waals surface area contributed by atoms with E-state index in [9.17, 15) is 4.57 Å². The van der Waals surface area contributed by atoms with Crippen LogP contribution in [0.5, 0.6) is 0 Å². The van der Waals surface area contributed by atoms with Crippen molar-refractivity contribution in [3.8, 4) is 0 Å². The second-order valence-electron chi connectivity index (χ2n) is 3.63. The molecule has 0 heterocycles. The van der Waals surface area contributed by atoms with Crippen LogP contribution in [0.1, 0.15) is 45.4 Å². The van der Waals surface area contributed by atoms with Gasteiger partial charge in [-0.25, -0.2) is 4.57 Å². The summed E-state index contributed by atoms with van der Waals surface area (Å²) in [5.74, 6) is 0.408. The summed E-state index contributed by atoms with van der Waals surface area (Å²) in [7, 11) is -3.82. The Bertz CT molecular complexity index is 201. The lowest BCUT2D eigenvalue weighted by atomic mass is 10.1. The van der Waals surface area contributed by atoms with Gasteiger partial charge in [0.15, 0.2) is 0 Å². The molecule has 16 heavy (non-hydrogen) atoms. The molecule has 4 nitrogen and oxygen atoms in total. The van der Waals surface area contributed by atoms with Gasteiger partial charge in [0.1, 0.15) is 0 Å². The normalized spacial score (nSPS) is 14.9. The molecule has 0 fully saturated rings. The average Bonchev–Trinajstić information content (AvgIpc) is 2.25. The summed E-state index contributed by atoms with van der Waals surface area (Å²) in [5.41, 5.74) is 0. The van der Waals surface area contributed by atoms with E-state index in [1.807, 2.05) is 0 Å². The number of rotatable bonds is 11. The van der Waals surface area contributed by atoms with E-state index in [2.05, 4.69) is 24.1 Å². The van der Waals surface area contributed by atoms with Crippen molar-refractivity contribution in [3.63, 3.8) is 0 Å². The molecular weight excluding hydrogens is 247 g/mol. The summed E-state index contributed by atoms with van der Waals surface area (Å²) in [6, 6.07) is 0. The molecule has 0 aromatic heterocycles. The molecule has 0 aromatic rings. The minimum Gasteiger partial charge on any atom is -0.302 e. The van der Waals surface area contributed by atoms with Crippen molar-refractivity contribution < 1.29 is 18.5 Å². The SMILES string of the molecule is CCCCCCCCOP(=O)(O)OCCS. The molecule has 0 aliphatic rings. The van der Waals surface area contributed by atoms with E-state index < -0.39 is 7.82 Å². The van der Waals surface area contributed by atoms with Crippen LogP contribution in [0.4, 0.5) is 0 Å². The molecule has 6 heteroatoms. The van der Waals surface area contributed by atoms with Crippen molar-refractivity contribution >= 4 is 20.5 Å². The van der Waals surface area contributed by atoms with Gasteiger partial charge in [0.2, 0.25) is 0 Å². The first kappa shape index (κ1) is 16.5. The van der Waals surface area contributed by atoms with Crippen LogP contribution in [0.15, 0.2) is 0 Å². The highest BCUT2D eigenvalue weighted by atomic mass is 32.1. The quantitative estimate of drug-likeness (QED) is 0.343. The van der Waals surface area contributed by atoms with Crippen molar-refractivity contribution in [1.82, 2.24) is 0 Å². The summed E-state index contributed by atoms with van der Waals surface area (Å²) >= 11 is 3.88. The predicted molar refractivity (Wildman–Crippen MR) is 69.0 cm³/mol. The first-order chi connectivity index (χ1) is 7.62. The Balaban J connectivity index is 3.32. The molecule has 1 N–H and O–H groups in total. The van der Waals surface area contributed by atoms with Crippen molar-refractivity contribution in [3.05, 3.63) is 0 Å². The van der Waals surface area contributed by atoms with Gasteiger partial charge >= 0.3 is 7.82 Å². The summed E-state index contributed by atoms with van der Waals surface area (Å²) in [6.45, 7) is 2.59. The zero-order valence-electron chi connectivity index (χ0n) is 9.93. The molecule has 0 aliphatic carbocycles. The Hall–Kier alpha value is 0.460. The smallest absolute Gasteiger partial charge is 0.302 e. The summed E-state index contributed by atoms with van der Waals surface area (Å²) in [4.78, 5) is 9.16. The maximum Gasteiger partial charge on any atom is 0.472 e. The number of thiol groups is 1. The van der Waals surface area contributed by atoms with E-state index in [0.29, 0.717) is 5.75 Å². The monoisotopic (exact) mass is 270 g/mol. The first-order valence-electron chi connectivity index (χ1n) is 5.85. The minimum absolute atomic E-state index is 0.132. The molecule has 0 saturated carbocycles. The number of phosphoric acid groups is 1. The molecule has 0 aliphatic heterocycles. The Kier molecular flexibility index (Phi) is 10.9. The lowest BCUT2D eigenvalue weighted by Crippen LogP contribution is -1.99. The van der Waals surface area contributed by atoms with Crippen molar-refractivity contribution in [1.29, 1.82) is 0 Å². The summed E-state index contributed by atoms with van der Waals surface area (Å²) < 4.78 is 20.6. The van der Waals surface area contributed by atoms with Crippen LogP contribution in [0.3, 0.4) is 0 Å². The van der Waals surface area contributed by atoms with Crippen LogP contribution in [-0.2, 0) is 13.6 Å². The molecular formula is C10H23O4PS. The number of phosphoric ester groups is 1. The zero-order valence-corrected chi connectivity index (χ0v) is 11.7. The van der Waals surface area contributed by atoms with Gasteiger partial charge in [-0.3, -0.25) is 9.05 Å². The second kappa shape index (κ2) is 10.6. The lowest BCUT2D eigenvalue weighted by Gasteiger charge is -2.10. The fourth-order valence-electron chi connectivity index (χ4n) is 1.26. The molecule has 0 bridgehead atoms. The number of hydrogen-bond acceptors (Lipinski definition) is 4. The zero-order chi connectivity index (χ0) is 12.3. The maximum absolute atomic E-state index is 11.2. The molecule has 1 atom stereocenters. The van der Waals surface area contributed by atoms with Gasteiger partial charge in [-0.05, 0) is 6.42 Å². The van der Waals surface area contributed by atoms with Gasteiger partial charge in [-0.1, -0.05) is 39.0 Å². The minimum atomic E-state index is -3.82. The highest BCUT2D eigenvalue weighted by Gasteiger charge is 2.19. The van der Waals surface area contributed by atoms with Gasteiger partial charge < -0.3 is 4.89 Å². The van der Waals surface area contributed by atoms with E-state index in [-0.39, 0.29) is 13.2 Å². The van der Waals surface area contributed by atoms with Crippen molar-refractivity contribution in [2.75, 3.05) is 19.0 Å². The van der Waals surface area contributed by atoms with Crippen molar-refractivity contribution in [2.45, 2.75) is 45.4 Å². The van der Waals surface area contributed by atoms with Crippen LogP contribution in [-0.4, -0.2) is 23.9 Å². The third-order valence-electron chi connectivity index (χ3n) is 2.10. The Morgan fingerprint density at radius 1 is 1.06 bits per heavy atom. The molecule has 0 aromatic carbocycles. The van der Waals surface area contributed by atoms with Crippen LogP contribution in [0, 0.1) is 0 Å². The molecule has 98 valence electrons. The van der Waals surface area contributed by atoms with Crippen molar-refractivity contribution in [2.24, 2.45) is 0 Å². The lowest BCUT2D eigenvalue weighted by molar-refractivity contribution is 0.154. The topological polar surface area (TPSA) is 55.8 Å². The average molecular weight is 270 g/mol.